The maximum Gasteiger partial charge on any atom is 0.435 e. The van der Waals surface area contributed by atoms with Gasteiger partial charge in [-0.3, -0.25) is 14.5 Å². The van der Waals surface area contributed by atoms with Gasteiger partial charge in [0.1, 0.15) is 0 Å². The van der Waals surface area contributed by atoms with Crippen LogP contribution in [0.15, 0.2) is 24.5 Å². The summed E-state index contributed by atoms with van der Waals surface area (Å²) in [6.45, 7) is 1.54. The van der Waals surface area contributed by atoms with Crippen LogP contribution in [0, 0.1) is 6.92 Å². The summed E-state index contributed by atoms with van der Waals surface area (Å²) in [5.74, 6) is -0.801. The first-order valence-corrected chi connectivity index (χ1v) is 6.08. The lowest BCUT2D eigenvalue weighted by molar-refractivity contribution is -0.141. The predicted octanol–water partition coefficient (Wildman–Crippen LogP) is 2.07. The average Bonchev–Trinajstić information content (AvgIpc) is 2.74. The van der Waals surface area contributed by atoms with E-state index in [1.165, 1.54) is 26.4 Å². The van der Waals surface area contributed by atoms with Crippen molar-refractivity contribution in [3.05, 3.63) is 47.0 Å². The van der Waals surface area contributed by atoms with E-state index in [1.54, 1.807) is 12.1 Å². The fraction of sp³-hybridized carbons (Fsp3) is 0.308. The Bertz CT molecular complexity index is 649. The maximum atomic E-state index is 12.9. The number of carbonyl (C=O) groups excluding carboxylic acids is 1. The zero-order chi connectivity index (χ0) is 15.6. The molecule has 0 saturated heterocycles. The molecule has 2 aromatic rings. The fourth-order valence-corrected chi connectivity index (χ4v) is 1.85. The lowest BCUT2D eigenvalue weighted by Gasteiger charge is -2.08. The van der Waals surface area contributed by atoms with Crippen molar-refractivity contribution < 1.29 is 18.0 Å². The average molecular weight is 298 g/mol. The van der Waals surface area contributed by atoms with Crippen molar-refractivity contribution in [1.82, 2.24) is 20.1 Å². The predicted molar refractivity (Wildman–Crippen MR) is 68.4 cm³/mol. The molecule has 2 rings (SSSR count). The summed E-state index contributed by atoms with van der Waals surface area (Å²) < 4.78 is 39.7. The first-order chi connectivity index (χ1) is 9.80. The molecule has 0 aliphatic rings. The molecule has 0 bridgehead atoms. The summed E-state index contributed by atoms with van der Waals surface area (Å²) in [7, 11) is 1.37. The number of amides is 1. The smallest absolute Gasteiger partial charge is 0.348 e. The second kappa shape index (κ2) is 5.55. The molecule has 0 unspecified atom stereocenters. The molecule has 8 heteroatoms. The number of halogens is 3. The van der Waals surface area contributed by atoms with E-state index < -0.39 is 23.3 Å². The van der Waals surface area contributed by atoms with E-state index in [2.05, 4.69) is 15.4 Å². The lowest BCUT2D eigenvalue weighted by atomic mass is 10.1. The third-order valence-corrected chi connectivity index (χ3v) is 3.03. The quantitative estimate of drug-likeness (QED) is 0.943. The molecule has 1 amide bonds. The van der Waals surface area contributed by atoms with Crippen LogP contribution in [-0.4, -0.2) is 20.7 Å². The number of carbonyl (C=O) groups is 1. The number of aryl methyl sites for hydroxylation is 1. The molecular formula is C13H13F3N4O. The van der Waals surface area contributed by atoms with Gasteiger partial charge in [0.15, 0.2) is 5.69 Å². The minimum Gasteiger partial charge on any atom is -0.348 e. The minimum absolute atomic E-state index is 0.118. The van der Waals surface area contributed by atoms with Crippen molar-refractivity contribution in [1.29, 1.82) is 0 Å². The first-order valence-electron chi connectivity index (χ1n) is 6.08. The van der Waals surface area contributed by atoms with Crippen molar-refractivity contribution in [2.75, 3.05) is 0 Å². The Morgan fingerprint density at radius 3 is 2.52 bits per heavy atom. The van der Waals surface area contributed by atoms with Gasteiger partial charge in [-0.15, -0.1) is 0 Å². The van der Waals surface area contributed by atoms with Crippen LogP contribution in [0.25, 0.3) is 0 Å². The molecule has 0 saturated carbocycles. The van der Waals surface area contributed by atoms with Crippen LogP contribution >= 0.6 is 0 Å². The van der Waals surface area contributed by atoms with Crippen molar-refractivity contribution in [3.8, 4) is 0 Å². The SMILES string of the molecule is Cc1c(C(=O)NCc2ccncc2)c(C(F)(F)F)nn1C. The molecule has 1 N–H and O–H groups in total. The molecule has 2 aromatic heterocycles. The molecule has 21 heavy (non-hydrogen) atoms. The minimum atomic E-state index is -4.67. The van der Waals surface area contributed by atoms with E-state index in [-0.39, 0.29) is 12.2 Å². The van der Waals surface area contributed by atoms with Gasteiger partial charge in [-0.25, -0.2) is 0 Å². The summed E-state index contributed by atoms with van der Waals surface area (Å²) in [6.07, 6.45) is -1.59. The number of hydrogen-bond acceptors (Lipinski definition) is 3. The van der Waals surface area contributed by atoms with Crippen LogP contribution in [-0.2, 0) is 19.8 Å². The monoisotopic (exact) mass is 298 g/mol. The van der Waals surface area contributed by atoms with E-state index in [0.717, 1.165) is 10.2 Å². The van der Waals surface area contributed by atoms with Crippen molar-refractivity contribution >= 4 is 5.91 Å². The molecule has 0 fully saturated rings. The highest BCUT2D eigenvalue weighted by Gasteiger charge is 2.40. The van der Waals surface area contributed by atoms with Crippen molar-refractivity contribution in [2.24, 2.45) is 7.05 Å². The highest BCUT2D eigenvalue weighted by molar-refractivity contribution is 5.96. The molecule has 0 aliphatic heterocycles. The number of alkyl halides is 3. The second-order valence-electron chi connectivity index (χ2n) is 4.47. The highest BCUT2D eigenvalue weighted by Crippen LogP contribution is 2.32. The van der Waals surface area contributed by atoms with Crippen LogP contribution in [0.1, 0.15) is 27.3 Å². The Labute approximate surface area is 118 Å². The van der Waals surface area contributed by atoms with Crippen LogP contribution in [0.5, 0.6) is 0 Å². The Balaban J connectivity index is 2.23. The van der Waals surface area contributed by atoms with E-state index in [1.807, 2.05) is 0 Å². The number of nitrogens with one attached hydrogen (secondary N) is 1. The van der Waals surface area contributed by atoms with E-state index in [9.17, 15) is 18.0 Å². The number of pyridine rings is 1. The van der Waals surface area contributed by atoms with Crippen LogP contribution < -0.4 is 5.32 Å². The third kappa shape index (κ3) is 3.21. The number of nitrogens with zero attached hydrogens (tertiary/aromatic N) is 3. The number of rotatable bonds is 3. The van der Waals surface area contributed by atoms with Gasteiger partial charge >= 0.3 is 6.18 Å². The second-order valence-corrected chi connectivity index (χ2v) is 4.47. The maximum absolute atomic E-state index is 12.9. The Hall–Kier alpha value is -2.38. The van der Waals surface area contributed by atoms with Gasteiger partial charge in [0.2, 0.25) is 0 Å². The number of hydrogen-bond donors (Lipinski definition) is 1. The summed E-state index contributed by atoms with van der Waals surface area (Å²) in [6, 6.07) is 3.34. The molecule has 0 radical (unpaired) electrons. The van der Waals surface area contributed by atoms with Gasteiger partial charge < -0.3 is 5.32 Å². The number of aromatic nitrogens is 3. The van der Waals surface area contributed by atoms with Gasteiger partial charge in [0.25, 0.3) is 5.91 Å². The molecule has 0 atom stereocenters. The topological polar surface area (TPSA) is 59.8 Å². The van der Waals surface area contributed by atoms with E-state index in [0.29, 0.717) is 0 Å². The molecule has 2 heterocycles. The fourth-order valence-electron chi connectivity index (χ4n) is 1.85. The van der Waals surface area contributed by atoms with Crippen molar-refractivity contribution in [2.45, 2.75) is 19.6 Å². The molecule has 0 aliphatic carbocycles. The molecule has 0 aromatic carbocycles. The highest BCUT2D eigenvalue weighted by atomic mass is 19.4. The molecule has 112 valence electrons. The normalized spacial score (nSPS) is 11.5. The first kappa shape index (κ1) is 15.0. The Kier molecular flexibility index (Phi) is 3.97. The molecule has 0 spiro atoms. The third-order valence-electron chi connectivity index (χ3n) is 3.03. The Morgan fingerprint density at radius 1 is 1.33 bits per heavy atom. The van der Waals surface area contributed by atoms with Gasteiger partial charge in [0, 0.05) is 31.7 Å². The van der Waals surface area contributed by atoms with Crippen LogP contribution in [0.2, 0.25) is 0 Å². The summed E-state index contributed by atoms with van der Waals surface area (Å²) in [5.41, 5.74) is -0.711. The van der Waals surface area contributed by atoms with Crippen molar-refractivity contribution in [3.63, 3.8) is 0 Å². The van der Waals surface area contributed by atoms with Gasteiger partial charge in [0.05, 0.1) is 5.56 Å². The standard InChI is InChI=1S/C13H13F3N4O/c1-8-10(11(13(14,15)16)19-20(8)2)12(21)18-7-9-3-5-17-6-4-9/h3-6H,7H2,1-2H3,(H,18,21). The van der Waals surface area contributed by atoms with Gasteiger partial charge in [-0.1, -0.05) is 0 Å². The molecule has 5 nitrogen and oxygen atoms in total. The molecular weight excluding hydrogens is 285 g/mol. The van der Waals surface area contributed by atoms with E-state index >= 15 is 0 Å². The van der Waals surface area contributed by atoms with Gasteiger partial charge in [-0.2, -0.15) is 18.3 Å². The summed E-state index contributed by atoms with van der Waals surface area (Å²) in [5, 5.41) is 5.84. The van der Waals surface area contributed by atoms with E-state index in [4.69, 9.17) is 0 Å². The largest absolute Gasteiger partial charge is 0.435 e. The zero-order valence-electron chi connectivity index (χ0n) is 11.4. The lowest BCUT2D eigenvalue weighted by Crippen LogP contribution is -2.26. The van der Waals surface area contributed by atoms with Crippen LogP contribution in [0.3, 0.4) is 0 Å². The Morgan fingerprint density at radius 2 is 1.95 bits per heavy atom. The summed E-state index contributed by atoms with van der Waals surface area (Å²) >= 11 is 0. The van der Waals surface area contributed by atoms with Gasteiger partial charge in [-0.05, 0) is 24.6 Å². The summed E-state index contributed by atoms with van der Waals surface area (Å²) in [4.78, 5) is 15.9. The zero-order valence-corrected chi connectivity index (χ0v) is 11.4. The van der Waals surface area contributed by atoms with Crippen LogP contribution in [0.4, 0.5) is 13.2 Å².